The zero-order valence-electron chi connectivity index (χ0n) is 17.8. The molecule has 9 heteroatoms. The second kappa shape index (κ2) is 11.2. The van der Waals surface area contributed by atoms with Crippen molar-refractivity contribution in [2.45, 2.75) is 19.9 Å². The Kier molecular flexibility index (Phi) is 8.12. The van der Waals surface area contributed by atoms with E-state index in [2.05, 4.69) is 25.8 Å². The van der Waals surface area contributed by atoms with Crippen LogP contribution in [0, 0.1) is 0 Å². The molecule has 0 saturated carbocycles. The Bertz CT molecular complexity index is 1000. The molecule has 1 heterocycles. The standard InChI is InChI=1S/C22H26ClN5O3/c1-4-24-22(26-14-15-5-10-18(29-2)19(13-15)30-3)25-12-11-20-27-21(28-31-20)16-6-8-17(23)9-7-16/h5-10,13H,4,11-12,14H2,1-3H3,(H2,24,25,26). The number of nitrogens with zero attached hydrogens (tertiary/aromatic N) is 3. The predicted octanol–water partition coefficient (Wildman–Crippen LogP) is 3.71. The van der Waals surface area contributed by atoms with E-state index in [0.717, 1.165) is 17.7 Å². The maximum absolute atomic E-state index is 5.92. The number of aromatic nitrogens is 2. The molecular formula is C22H26ClN5O3. The second-order valence-corrected chi connectivity index (χ2v) is 7.02. The van der Waals surface area contributed by atoms with Gasteiger partial charge in [-0.25, -0.2) is 4.99 Å². The van der Waals surface area contributed by atoms with Crippen molar-refractivity contribution in [3.63, 3.8) is 0 Å². The van der Waals surface area contributed by atoms with Gasteiger partial charge in [-0.05, 0) is 48.9 Å². The number of methoxy groups -OCH3 is 2. The molecule has 2 N–H and O–H groups in total. The summed E-state index contributed by atoms with van der Waals surface area (Å²) in [4.78, 5) is 9.06. The number of ether oxygens (including phenoxy) is 2. The fourth-order valence-corrected chi connectivity index (χ4v) is 2.98. The molecule has 0 amide bonds. The minimum atomic E-state index is 0.497. The molecule has 8 nitrogen and oxygen atoms in total. The Morgan fingerprint density at radius 2 is 1.84 bits per heavy atom. The van der Waals surface area contributed by atoms with Crippen LogP contribution in [-0.2, 0) is 13.0 Å². The number of hydrogen-bond acceptors (Lipinski definition) is 6. The molecule has 0 unspecified atom stereocenters. The van der Waals surface area contributed by atoms with Gasteiger partial charge in [-0.3, -0.25) is 0 Å². The quantitative estimate of drug-likeness (QED) is 0.384. The summed E-state index contributed by atoms with van der Waals surface area (Å²) in [7, 11) is 3.23. The first-order valence-electron chi connectivity index (χ1n) is 9.94. The fourth-order valence-electron chi connectivity index (χ4n) is 2.85. The average Bonchev–Trinajstić information content (AvgIpc) is 3.26. The minimum absolute atomic E-state index is 0.497. The third kappa shape index (κ3) is 6.36. The number of guanidine groups is 1. The van der Waals surface area contributed by atoms with E-state index < -0.39 is 0 Å². The van der Waals surface area contributed by atoms with Crippen LogP contribution in [0.1, 0.15) is 18.4 Å². The van der Waals surface area contributed by atoms with Crippen LogP contribution in [0.3, 0.4) is 0 Å². The molecule has 164 valence electrons. The van der Waals surface area contributed by atoms with E-state index >= 15 is 0 Å². The first kappa shape index (κ1) is 22.4. The maximum Gasteiger partial charge on any atom is 0.228 e. The van der Waals surface area contributed by atoms with E-state index in [4.69, 9.17) is 25.6 Å². The Morgan fingerprint density at radius 1 is 1.06 bits per heavy atom. The van der Waals surface area contributed by atoms with Gasteiger partial charge in [-0.2, -0.15) is 4.98 Å². The zero-order chi connectivity index (χ0) is 22.1. The molecule has 0 radical (unpaired) electrons. The number of hydrogen-bond donors (Lipinski definition) is 2. The lowest BCUT2D eigenvalue weighted by molar-refractivity contribution is 0.354. The van der Waals surface area contributed by atoms with Crippen molar-refractivity contribution < 1.29 is 14.0 Å². The molecule has 1 aromatic heterocycles. The number of nitrogens with one attached hydrogen (secondary N) is 2. The molecule has 3 aromatic rings. The van der Waals surface area contributed by atoms with Crippen LogP contribution in [0.25, 0.3) is 11.4 Å². The van der Waals surface area contributed by atoms with Crippen molar-refractivity contribution in [1.29, 1.82) is 0 Å². The van der Waals surface area contributed by atoms with Gasteiger partial charge in [-0.15, -0.1) is 0 Å². The van der Waals surface area contributed by atoms with Gasteiger partial charge < -0.3 is 24.6 Å². The van der Waals surface area contributed by atoms with E-state index in [1.807, 2.05) is 37.3 Å². The van der Waals surface area contributed by atoms with Crippen LogP contribution in [0.2, 0.25) is 5.02 Å². The molecule has 0 atom stereocenters. The van der Waals surface area contributed by atoms with Crippen molar-refractivity contribution in [3.8, 4) is 22.9 Å². The van der Waals surface area contributed by atoms with Gasteiger partial charge in [0, 0.05) is 30.1 Å². The molecule has 0 saturated heterocycles. The van der Waals surface area contributed by atoms with E-state index in [0.29, 0.717) is 53.7 Å². The van der Waals surface area contributed by atoms with Crippen LogP contribution >= 0.6 is 11.6 Å². The van der Waals surface area contributed by atoms with Crippen LogP contribution in [-0.4, -0.2) is 43.4 Å². The average molecular weight is 444 g/mol. The number of halogens is 1. The van der Waals surface area contributed by atoms with Gasteiger partial charge in [0.05, 0.1) is 20.8 Å². The molecular weight excluding hydrogens is 418 g/mol. The topological polar surface area (TPSA) is 93.8 Å². The predicted molar refractivity (Wildman–Crippen MR) is 121 cm³/mol. The Hall–Kier alpha value is -3.26. The molecule has 3 rings (SSSR count). The summed E-state index contributed by atoms with van der Waals surface area (Å²) < 4.78 is 16.0. The second-order valence-electron chi connectivity index (χ2n) is 6.58. The van der Waals surface area contributed by atoms with Gasteiger partial charge >= 0.3 is 0 Å². The van der Waals surface area contributed by atoms with Crippen molar-refractivity contribution >= 4 is 17.6 Å². The molecule has 0 aliphatic rings. The molecule has 2 aromatic carbocycles. The molecule has 0 spiro atoms. The summed E-state index contributed by atoms with van der Waals surface area (Å²) in [5, 5.41) is 11.2. The van der Waals surface area contributed by atoms with Gasteiger partial charge in [0.1, 0.15) is 0 Å². The lowest BCUT2D eigenvalue weighted by Gasteiger charge is -2.11. The molecule has 0 aliphatic heterocycles. The third-order valence-corrected chi connectivity index (χ3v) is 4.67. The largest absolute Gasteiger partial charge is 0.493 e. The van der Waals surface area contributed by atoms with Crippen LogP contribution < -0.4 is 20.1 Å². The smallest absolute Gasteiger partial charge is 0.228 e. The summed E-state index contributed by atoms with van der Waals surface area (Å²) in [6.07, 6.45) is 0.571. The summed E-state index contributed by atoms with van der Waals surface area (Å²) in [5.41, 5.74) is 1.87. The monoisotopic (exact) mass is 443 g/mol. The Balaban J connectivity index is 1.56. The Labute approximate surface area is 186 Å². The van der Waals surface area contributed by atoms with E-state index in [1.54, 1.807) is 26.4 Å². The fraction of sp³-hybridized carbons (Fsp3) is 0.318. The van der Waals surface area contributed by atoms with E-state index in [-0.39, 0.29) is 0 Å². The lowest BCUT2D eigenvalue weighted by atomic mass is 10.2. The van der Waals surface area contributed by atoms with E-state index in [1.165, 1.54) is 0 Å². The molecule has 31 heavy (non-hydrogen) atoms. The van der Waals surface area contributed by atoms with Crippen molar-refractivity contribution in [1.82, 2.24) is 20.8 Å². The highest BCUT2D eigenvalue weighted by molar-refractivity contribution is 6.30. The van der Waals surface area contributed by atoms with Crippen LogP contribution in [0.15, 0.2) is 52.0 Å². The lowest BCUT2D eigenvalue weighted by Crippen LogP contribution is -2.38. The summed E-state index contributed by atoms with van der Waals surface area (Å²) in [5.74, 6) is 3.17. The Morgan fingerprint density at radius 3 is 2.55 bits per heavy atom. The first-order valence-corrected chi connectivity index (χ1v) is 10.3. The normalized spacial score (nSPS) is 11.3. The molecule has 0 fully saturated rings. The maximum atomic E-state index is 5.92. The number of rotatable bonds is 9. The van der Waals surface area contributed by atoms with Crippen molar-refractivity contribution in [2.24, 2.45) is 4.99 Å². The van der Waals surface area contributed by atoms with Crippen molar-refractivity contribution in [3.05, 3.63) is 58.9 Å². The zero-order valence-corrected chi connectivity index (χ0v) is 18.6. The number of benzene rings is 2. The van der Waals surface area contributed by atoms with Crippen LogP contribution in [0.4, 0.5) is 0 Å². The van der Waals surface area contributed by atoms with Crippen LogP contribution in [0.5, 0.6) is 11.5 Å². The third-order valence-electron chi connectivity index (χ3n) is 4.41. The summed E-state index contributed by atoms with van der Waals surface area (Å²) >= 11 is 5.92. The SMILES string of the molecule is CCNC(=NCc1ccc(OC)c(OC)c1)NCCc1nc(-c2ccc(Cl)cc2)no1. The van der Waals surface area contributed by atoms with Gasteiger partial charge in [0.15, 0.2) is 17.5 Å². The van der Waals surface area contributed by atoms with Gasteiger partial charge in [0.25, 0.3) is 0 Å². The highest BCUT2D eigenvalue weighted by Gasteiger charge is 2.09. The minimum Gasteiger partial charge on any atom is -0.493 e. The first-order chi connectivity index (χ1) is 15.1. The highest BCUT2D eigenvalue weighted by Crippen LogP contribution is 2.27. The highest BCUT2D eigenvalue weighted by atomic mass is 35.5. The van der Waals surface area contributed by atoms with Gasteiger partial charge in [-0.1, -0.05) is 22.8 Å². The summed E-state index contributed by atoms with van der Waals surface area (Å²) in [6.45, 7) is 3.86. The van der Waals surface area contributed by atoms with Crippen molar-refractivity contribution in [2.75, 3.05) is 27.3 Å². The van der Waals surface area contributed by atoms with Gasteiger partial charge in [0.2, 0.25) is 11.7 Å². The number of aliphatic imine (C=N–C) groups is 1. The summed E-state index contributed by atoms with van der Waals surface area (Å²) in [6, 6.07) is 13.1. The molecule has 0 aliphatic carbocycles. The van der Waals surface area contributed by atoms with E-state index in [9.17, 15) is 0 Å². The molecule has 0 bridgehead atoms.